The van der Waals surface area contributed by atoms with Crippen LogP contribution in [-0.2, 0) is 0 Å². The van der Waals surface area contributed by atoms with Gasteiger partial charge in [0.1, 0.15) is 5.75 Å². The van der Waals surface area contributed by atoms with Gasteiger partial charge in [0.15, 0.2) is 5.56 Å². The Morgan fingerprint density at radius 1 is 1.50 bits per heavy atom. The number of carboxylic acid groups (broad SMARTS) is 1. The Kier molecular flexibility index (Phi) is 2.50. The summed E-state index contributed by atoms with van der Waals surface area (Å²) in [6.45, 7) is 0. The van der Waals surface area contributed by atoms with Crippen molar-refractivity contribution in [3.8, 4) is 5.75 Å². The molecule has 0 saturated carbocycles. The molecule has 0 aliphatic carbocycles. The van der Waals surface area contributed by atoms with Crippen molar-refractivity contribution in [2.24, 2.45) is 0 Å². The third kappa shape index (κ3) is 1.70. The van der Waals surface area contributed by atoms with Crippen molar-refractivity contribution in [3.63, 3.8) is 0 Å². The zero-order valence-corrected chi connectivity index (χ0v) is 6.62. The first-order valence-corrected chi connectivity index (χ1v) is 3.41. The Bertz CT molecular complexity index is 426. The normalized spacial score (nSPS) is 10.5. The molecule has 0 bridgehead atoms. The number of rotatable bonds is 2. The van der Waals surface area contributed by atoms with E-state index in [0.717, 1.165) is 0 Å². The maximum Gasteiger partial charge on any atom is 0.345 e. The lowest BCUT2D eigenvalue weighted by Gasteiger charge is -2.02. The zero-order valence-electron chi connectivity index (χ0n) is 6.62. The van der Waals surface area contributed by atoms with Crippen molar-refractivity contribution >= 4 is 5.97 Å². The van der Waals surface area contributed by atoms with Crippen molar-refractivity contribution in [2.75, 3.05) is 0 Å². The van der Waals surface area contributed by atoms with Crippen LogP contribution in [0.4, 0.5) is 8.78 Å². The Morgan fingerprint density at radius 3 is 2.43 bits per heavy atom. The predicted octanol–water partition coefficient (Wildman–Crippen LogP) is 0.716. The van der Waals surface area contributed by atoms with Crippen LogP contribution in [0.25, 0.3) is 0 Å². The smallest absolute Gasteiger partial charge is 0.345 e. The quantitative estimate of drug-likeness (QED) is 0.663. The molecule has 1 rings (SSSR count). The Labute approximate surface area is 75.6 Å². The number of hydrogen-bond acceptors (Lipinski definition) is 3. The van der Waals surface area contributed by atoms with Crippen molar-refractivity contribution in [3.05, 3.63) is 27.7 Å². The van der Waals surface area contributed by atoms with Crippen LogP contribution in [0.1, 0.15) is 22.5 Å². The summed E-state index contributed by atoms with van der Waals surface area (Å²) in [7, 11) is 0. The molecule has 1 aromatic heterocycles. The van der Waals surface area contributed by atoms with Crippen LogP contribution in [0.5, 0.6) is 5.75 Å². The van der Waals surface area contributed by atoms with E-state index in [1.54, 1.807) is 4.98 Å². The fraction of sp³-hybridized carbons (Fsp3) is 0.143. The molecule has 0 spiro atoms. The molecule has 3 N–H and O–H groups in total. The van der Waals surface area contributed by atoms with Gasteiger partial charge in [-0.25, -0.2) is 13.6 Å². The minimum absolute atomic E-state index is 0.509. The Hall–Kier alpha value is -1.92. The summed E-state index contributed by atoms with van der Waals surface area (Å²) < 4.78 is 24.1. The first kappa shape index (κ1) is 10.2. The van der Waals surface area contributed by atoms with Crippen LogP contribution < -0.4 is 5.56 Å². The number of halogens is 2. The third-order valence-corrected chi connectivity index (χ3v) is 1.48. The maximum atomic E-state index is 12.0. The fourth-order valence-corrected chi connectivity index (χ4v) is 0.890. The first-order valence-electron chi connectivity index (χ1n) is 3.41. The van der Waals surface area contributed by atoms with Gasteiger partial charge in [-0.05, 0) is 0 Å². The van der Waals surface area contributed by atoms with E-state index in [9.17, 15) is 18.4 Å². The van der Waals surface area contributed by atoms with Crippen molar-refractivity contribution in [2.45, 2.75) is 6.43 Å². The number of carboxylic acids is 1. The van der Waals surface area contributed by atoms with E-state index in [0.29, 0.717) is 6.07 Å². The molecular formula is C7H5F2NO4. The summed E-state index contributed by atoms with van der Waals surface area (Å²) in [6.07, 6.45) is -2.98. The summed E-state index contributed by atoms with van der Waals surface area (Å²) >= 11 is 0. The third-order valence-electron chi connectivity index (χ3n) is 1.48. The molecule has 0 aliphatic heterocycles. The van der Waals surface area contributed by atoms with E-state index in [4.69, 9.17) is 10.2 Å². The van der Waals surface area contributed by atoms with Gasteiger partial charge >= 0.3 is 5.97 Å². The average Bonchev–Trinajstić information content (AvgIpc) is 2.01. The SMILES string of the molecule is O=C(O)c1c(O)cc(C(F)F)[nH]c1=O. The number of alkyl halides is 2. The summed E-state index contributed by atoms with van der Waals surface area (Å²) in [4.78, 5) is 22.9. The highest BCUT2D eigenvalue weighted by Gasteiger charge is 2.18. The monoisotopic (exact) mass is 205 g/mol. The number of aromatic amines is 1. The molecule has 76 valence electrons. The Morgan fingerprint density at radius 2 is 2.07 bits per heavy atom. The number of aromatic nitrogens is 1. The van der Waals surface area contributed by atoms with Crippen LogP contribution in [-0.4, -0.2) is 21.2 Å². The van der Waals surface area contributed by atoms with Gasteiger partial charge in [0, 0.05) is 6.07 Å². The highest BCUT2D eigenvalue weighted by Crippen LogP contribution is 2.20. The minimum atomic E-state index is -2.98. The number of pyridine rings is 1. The van der Waals surface area contributed by atoms with Crippen LogP contribution in [0.15, 0.2) is 10.9 Å². The average molecular weight is 205 g/mol. The van der Waals surface area contributed by atoms with Gasteiger partial charge in [0.2, 0.25) is 0 Å². The van der Waals surface area contributed by atoms with E-state index in [2.05, 4.69) is 0 Å². The molecule has 1 aromatic rings. The number of nitrogens with one attached hydrogen (secondary N) is 1. The fourth-order valence-electron chi connectivity index (χ4n) is 0.890. The van der Waals surface area contributed by atoms with Gasteiger partial charge in [-0.1, -0.05) is 0 Å². The van der Waals surface area contributed by atoms with Crippen molar-refractivity contribution in [1.82, 2.24) is 4.98 Å². The van der Waals surface area contributed by atoms with Crippen LogP contribution in [0.3, 0.4) is 0 Å². The van der Waals surface area contributed by atoms with Gasteiger partial charge in [-0.15, -0.1) is 0 Å². The van der Waals surface area contributed by atoms with E-state index in [1.165, 1.54) is 0 Å². The summed E-state index contributed by atoms with van der Waals surface area (Å²) in [5, 5.41) is 17.4. The molecule has 0 atom stereocenters. The lowest BCUT2D eigenvalue weighted by Crippen LogP contribution is -2.19. The second-order valence-corrected chi connectivity index (χ2v) is 2.42. The number of aromatic carboxylic acids is 1. The van der Waals surface area contributed by atoms with E-state index in [-0.39, 0.29) is 0 Å². The molecule has 7 heteroatoms. The second-order valence-electron chi connectivity index (χ2n) is 2.42. The largest absolute Gasteiger partial charge is 0.507 e. The highest BCUT2D eigenvalue weighted by molar-refractivity contribution is 5.90. The van der Waals surface area contributed by atoms with Crippen molar-refractivity contribution in [1.29, 1.82) is 0 Å². The van der Waals surface area contributed by atoms with Gasteiger partial charge in [0.05, 0.1) is 5.69 Å². The van der Waals surface area contributed by atoms with Crippen LogP contribution >= 0.6 is 0 Å². The summed E-state index contributed by atoms with van der Waals surface area (Å²) in [5.74, 6) is -2.65. The first-order chi connectivity index (χ1) is 6.43. The molecule has 0 radical (unpaired) electrons. The molecule has 0 amide bonds. The standard InChI is InChI=1S/C7H5F2NO4/c8-5(9)2-1-3(11)4(7(13)14)6(12)10-2/h1,5H,(H,13,14)(H2,10,11,12). The highest BCUT2D eigenvalue weighted by atomic mass is 19.3. The lowest BCUT2D eigenvalue weighted by molar-refractivity contribution is 0.0690. The molecule has 0 aliphatic rings. The minimum Gasteiger partial charge on any atom is -0.507 e. The number of H-pyrrole nitrogens is 1. The van der Waals surface area contributed by atoms with Gasteiger partial charge in [-0.3, -0.25) is 4.79 Å². The lowest BCUT2D eigenvalue weighted by atomic mass is 10.2. The van der Waals surface area contributed by atoms with Gasteiger partial charge in [-0.2, -0.15) is 0 Å². The molecule has 0 aromatic carbocycles. The van der Waals surface area contributed by atoms with E-state index < -0.39 is 35.0 Å². The van der Waals surface area contributed by atoms with Crippen LogP contribution in [0, 0.1) is 0 Å². The molecule has 5 nitrogen and oxygen atoms in total. The summed E-state index contributed by atoms with van der Waals surface area (Å²) in [6, 6.07) is 0.509. The second kappa shape index (κ2) is 3.44. The molecular weight excluding hydrogens is 200 g/mol. The van der Waals surface area contributed by atoms with Crippen molar-refractivity contribution < 1.29 is 23.8 Å². The topological polar surface area (TPSA) is 90.4 Å². The predicted molar refractivity (Wildman–Crippen MR) is 40.6 cm³/mol. The number of aromatic hydroxyl groups is 1. The van der Waals surface area contributed by atoms with Crippen LogP contribution in [0.2, 0.25) is 0 Å². The van der Waals surface area contributed by atoms with Gasteiger partial charge < -0.3 is 15.2 Å². The number of hydrogen-bond donors (Lipinski definition) is 3. The zero-order chi connectivity index (χ0) is 10.9. The Balaban J connectivity index is 3.40. The molecule has 0 saturated heterocycles. The van der Waals surface area contributed by atoms with E-state index >= 15 is 0 Å². The molecule has 1 heterocycles. The molecule has 14 heavy (non-hydrogen) atoms. The molecule has 0 fully saturated rings. The maximum absolute atomic E-state index is 12.0. The number of carbonyl (C=O) groups is 1. The van der Waals surface area contributed by atoms with Gasteiger partial charge in [0.25, 0.3) is 12.0 Å². The van der Waals surface area contributed by atoms with E-state index in [1.807, 2.05) is 0 Å². The summed E-state index contributed by atoms with van der Waals surface area (Å²) in [5.41, 5.74) is -3.03. The molecule has 0 unspecified atom stereocenters.